The third-order valence-corrected chi connectivity index (χ3v) is 5.29. The highest BCUT2D eigenvalue weighted by Gasteiger charge is 2.15. The normalized spacial score (nSPS) is 11.8. The van der Waals surface area contributed by atoms with Crippen LogP contribution in [0.3, 0.4) is 0 Å². The van der Waals surface area contributed by atoms with E-state index in [1.165, 1.54) is 11.3 Å². The lowest BCUT2D eigenvalue weighted by Gasteiger charge is -2.16. The molecule has 144 valence electrons. The summed E-state index contributed by atoms with van der Waals surface area (Å²) >= 11 is 1.34. The number of carbonyl (C=O) groups excluding carboxylic acids is 3. The van der Waals surface area contributed by atoms with Gasteiger partial charge in [-0.15, -0.1) is 11.3 Å². The van der Waals surface area contributed by atoms with Crippen molar-refractivity contribution >= 4 is 39.8 Å². The molecule has 3 rings (SSSR count). The SMILES string of the molecule is C[C@H](NC(=O)COC(=O)CCC(=O)c1cccs1)c1cccc2ccccc12. The molecular weight excluding hydrogens is 374 g/mol. The Morgan fingerprint density at radius 3 is 2.57 bits per heavy atom. The van der Waals surface area contributed by atoms with Gasteiger partial charge in [0.05, 0.1) is 17.3 Å². The number of carbonyl (C=O) groups is 3. The van der Waals surface area contributed by atoms with Gasteiger partial charge in [0, 0.05) is 6.42 Å². The van der Waals surface area contributed by atoms with Gasteiger partial charge in [-0.25, -0.2) is 0 Å². The summed E-state index contributed by atoms with van der Waals surface area (Å²) in [6.45, 7) is 1.53. The Balaban J connectivity index is 1.47. The van der Waals surface area contributed by atoms with Crippen molar-refractivity contribution in [2.24, 2.45) is 0 Å². The third-order valence-electron chi connectivity index (χ3n) is 4.38. The molecule has 1 heterocycles. The van der Waals surface area contributed by atoms with E-state index in [0.29, 0.717) is 4.88 Å². The minimum atomic E-state index is -0.558. The average molecular weight is 395 g/mol. The van der Waals surface area contributed by atoms with Gasteiger partial charge in [-0.05, 0) is 34.7 Å². The minimum Gasteiger partial charge on any atom is -0.456 e. The van der Waals surface area contributed by atoms with E-state index in [1.54, 1.807) is 12.1 Å². The molecule has 5 nitrogen and oxygen atoms in total. The molecule has 28 heavy (non-hydrogen) atoms. The molecule has 0 unspecified atom stereocenters. The molecule has 0 aliphatic carbocycles. The van der Waals surface area contributed by atoms with Gasteiger partial charge in [-0.3, -0.25) is 14.4 Å². The zero-order valence-electron chi connectivity index (χ0n) is 15.5. The Morgan fingerprint density at radius 1 is 1.00 bits per heavy atom. The summed E-state index contributed by atoms with van der Waals surface area (Å²) in [4.78, 5) is 36.4. The Labute approximate surface area is 167 Å². The highest BCUT2D eigenvalue weighted by Crippen LogP contribution is 2.23. The van der Waals surface area contributed by atoms with Gasteiger partial charge in [0.25, 0.3) is 5.91 Å². The van der Waals surface area contributed by atoms with Crippen molar-refractivity contribution in [3.05, 3.63) is 70.4 Å². The van der Waals surface area contributed by atoms with E-state index in [2.05, 4.69) is 5.32 Å². The summed E-state index contributed by atoms with van der Waals surface area (Å²) in [5.41, 5.74) is 0.999. The fourth-order valence-corrected chi connectivity index (χ4v) is 3.68. The molecule has 1 aromatic heterocycles. The van der Waals surface area contributed by atoms with E-state index in [4.69, 9.17) is 4.74 Å². The highest BCUT2D eigenvalue weighted by molar-refractivity contribution is 7.12. The van der Waals surface area contributed by atoms with E-state index in [1.807, 2.05) is 54.8 Å². The van der Waals surface area contributed by atoms with Crippen molar-refractivity contribution in [3.8, 4) is 0 Å². The predicted molar refractivity (Wildman–Crippen MR) is 109 cm³/mol. The van der Waals surface area contributed by atoms with E-state index >= 15 is 0 Å². The predicted octanol–water partition coefficient (Wildman–Crippen LogP) is 4.28. The van der Waals surface area contributed by atoms with Crippen LogP contribution < -0.4 is 5.32 Å². The van der Waals surface area contributed by atoms with Gasteiger partial charge in [0.15, 0.2) is 12.4 Å². The van der Waals surface area contributed by atoms with Crippen molar-refractivity contribution in [2.45, 2.75) is 25.8 Å². The quantitative estimate of drug-likeness (QED) is 0.456. The largest absolute Gasteiger partial charge is 0.456 e. The van der Waals surface area contributed by atoms with Gasteiger partial charge in [0.1, 0.15) is 0 Å². The zero-order chi connectivity index (χ0) is 19.9. The third kappa shape index (κ3) is 5.04. The molecule has 3 aromatic rings. The Bertz CT molecular complexity index is 976. The number of ether oxygens (including phenoxy) is 1. The lowest BCUT2D eigenvalue weighted by atomic mass is 10.00. The fraction of sp³-hybridized carbons (Fsp3) is 0.227. The second-order valence-corrected chi connectivity index (χ2v) is 7.37. The topological polar surface area (TPSA) is 72.5 Å². The highest BCUT2D eigenvalue weighted by atomic mass is 32.1. The van der Waals surface area contributed by atoms with Crippen LogP contribution in [0.1, 0.15) is 41.0 Å². The molecule has 1 atom stereocenters. The van der Waals surface area contributed by atoms with E-state index in [0.717, 1.165) is 16.3 Å². The number of esters is 1. The van der Waals surface area contributed by atoms with Crippen LogP contribution in [0, 0.1) is 0 Å². The molecule has 0 fully saturated rings. The Kier molecular flexibility index (Phi) is 6.55. The first kappa shape index (κ1) is 19.8. The molecular formula is C22H21NO4S. The fourth-order valence-electron chi connectivity index (χ4n) is 2.98. The maximum absolute atomic E-state index is 12.1. The second-order valence-electron chi connectivity index (χ2n) is 6.42. The monoisotopic (exact) mass is 395 g/mol. The number of nitrogens with one attached hydrogen (secondary N) is 1. The Morgan fingerprint density at radius 2 is 1.79 bits per heavy atom. The standard InChI is InChI=1S/C22H21NO4S/c1-15(17-9-4-7-16-6-2-3-8-18(16)17)23-21(25)14-27-22(26)12-11-19(24)20-10-5-13-28-20/h2-10,13,15H,11-12,14H2,1H3,(H,23,25)/t15-/m0/s1. The van der Waals surface area contributed by atoms with Gasteiger partial charge in [-0.2, -0.15) is 0 Å². The van der Waals surface area contributed by atoms with Crippen LogP contribution >= 0.6 is 11.3 Å². The van der Waals surface area contributed by atoms with Crippen molar-refractivity contribution in [1.82, 2.24) is 5.32 Å². The van der Waals surface area contributed by atoms with Gasteiger partial charge in [-0.1, -0.05) is 48.5 Å². The molecule has 2 aromatic carbocycles. The number of rotatable bonds is 8. The van der Waals surface area contributed by atoms with Crippen molar-refractivity contribution in [2.75, 3.05) is 6.61 Å². The first-order valence-corrected chi connectivity index (χ1v) is 9.92. The van der Waals surface area contributed by atoms with Crippen molar-refractivity contribution in [1.29, 1.82) is 0 Å². The van der Waals surface area contributed by atoms with Crippen molar-refractivity contribution < 1.29 is 19.1 Å². The summed E-state index contributed by atoms with van der Waals surface area (Å²) in [7, 11) is 0. The molecule has 0 aliphatic heterocycles. The maximum atomic E-state index is 12.1. The van der Waals surface area contributed by atoms with Crippen LogP contribution in [0.25, 0.3) is 10.8 Å². The van der Waals surface area contributed by atoms with Crippen LogP contribution in [-0.2, 0) is 14.3 Å². The number of benzene rings is 2. The molecule has 0 spiro atoms. The number of Topliss-reactive ketones (excluding diaryl/α,β-unsaturated/α-hetero) is 1. The molecule has 0 aliphatic rings. The van der Waals surface area contributed by atoms with Gasteiger partial charge < -0.3 is 10.1 Å². The summed E-state index contributed by atoms with van der Waals surface area (Å²) in [5, 5.41) is 6.83. The number of amides is 1. The summed E-state index contributed by atoms with van der Waals surface area (Å²) in [6.07, 6.45) is 0.0380. The number of hydrogen-bond donors (Lipinski definition) is 1. The van der Waals surface area contributed by atoms with Gasteiger partial charge in [0.2, 0.25) is 0 Å². The lowest BCUT2D eigenvalue weighted by Crippen LogP contribution is -2.31. The summed E-state index contributed by atoms with van der Waals surface area (Å²) in [5.74, 6) is -1.03. The van der Waals surface area contributed by atoms with Crippen LogP contribution in [0.5, 0.6) is 0 Å². The number of ketones is 1. The van der Waals surface area contributed by atoms with Crippen LogP contribution in [0.4, 0.5) is 0 Å². The Hall–Kier alpha value is -2.99. The summed E-state index contributed by atoms with van der Waals surface area (Å²) < 4.78 is 5.00. The summed E-state index contributed by atoms with van der Waals surface area (Å²) in [6, 6.07) is 17.2. The minimum absolute atomic E-state index is 0.0388. The lowest BCUT2D eigenvalue weighted by molar-refractivity contribution is -0.148. The molecule has 1 amide bonds. The van der Waals surface area contributed by atoms with Gasteiger partial charge >= 0.3 is 5.97 Å². The first-order valence-electron chi connectivity index (χ1n) is 9.04. The average Bonchev–Trinajstić information content (AvgIpc) is 3.25. The second kappa shape index (κ2) is 9.28. The molecule has 0 radical (unpaired) electrons. The number of hydrogen-bond acceptors (Lipinski definition) is 5. The maximum Gasteiger partial charge on any atom is 0.306 e. The first-order chi connectivity index (χ1) is 13.5. The molecule has 6 heteroatoms. The number of thiophene rings is 1. The van der Waals surface area contributed by atoms with E-state index in [9.17, 15) is 14.4 Å². The van der Waals surface area contributed by atoms with E-state index in [-0.39, 0.29) is 37.2 Å². The molecule has 1 N–H and O–H groups in total. The smallest absolute Gasteiger partial charge is 0.306 e. The van der Waals surface area contributed by atoms with E-state index < -0.39 is 5.97 Å². The number of fused-ring (bicyclic) bond motifs is 1. The molecule has 0 bridgehead atoms. The van der Waals surface area contributed by atoms with Crippen LogP contribution in [0.2, 0.25) is 0 Å². The van der Waals surface area contributed by atoms with Crippen LogP contribution in [-0.4, -0.2) is 24.3 Å². The molecule has 0 saturated carbocycles. The molecule has 0 saturated heterocycles. The zero-order valence-corrected chi connectivity index (χ0v) is 16.3. The van der Waals surface area contributed by atoms with Crippen LogP contribution in [0.15, 0.2) is 60.0 Å². The van der Waals surface area contributed by atoms with Crippen molar-refractivity contribution in [3.63, 3.8) is 0 Å².